The van der Waals surface area contributed by atoms with Gasteiger partial charge in [0, 0.05) is 47.8 Å². The number of imide groups is 2. The van der Waals surface area contributed by atoms with Crippen LogP contribution in [0.4, 0.5) is 0 Å². The molecule has 4 rings (SSSR count). The first-order chi connectivity index (χ1) is 13.2. The fraction of sp³-hybridized carbons (Fsp3) is 0.300. The zero-order valence-electron chi connectivity index (χ0n) is 15.3. The van der Waals surface area contributed by atoms with Gasteiger partial charge in [-0.3, -0.25) is 29.0 Å². The Hall–Kier alpha value is -2.58. The first-order valence-corrected chi connectivity index (χ1v) is 9.64. The number of carbonyl (C=O) groups excluding carboxylic acids is 4. The molecule has 0 N–H and O–H groups in total. The first-order valence-electron chi connectivity index (χ1n) is 8.82. The van der Waals surface area contributed by atoms with Gasteiger partial charge in [0.15, 0.2) is 0 Å². The smallest absolute Gasteiger partial charge is 0.261 e. The van der Waals surface area contributed by atoms with E-state index >= 15 is 0 Å². The van der Waals surface area contributed by atoms with E-state index in [9.17, 15) is 19.2 Å². The Morgan fingerprint density at radius 2 is 1.07 bits per heavy atom. The third kappa shape index (κ3) is 2.51. The summed E-state index contributed by atoms with van der Waals surface area (Å²) in [6.07, 6.45) is 5.03. The Morgan fingerprint density at radius 3 is 1.43 bits per heavy atom. The van der Waals surface area contributed by atoms with E-state index in [1.807, 2.05) is 0 Å². The van der Waals surface area contributed by atoms with E-state index in [0.29, 0.717) is 68.9 Å². The maximum atomic E-state index is 12.5. The molecule has 0 aromatic carbocycles. The lowest BCUT2D eigenvalue weighted by Crippen LogP contribution is -2.24. The second kappa shape index (κ2) is 6.49. The normalized spacial score (nSPS) is 22.4. The molecule has 0 spiro atoms. The Balaban J connectivity index is 1.73. The average molecular weight is 412 g/mol. The fourth-order valence-electron chi connectivity index (χ4n) is 3.98. The summed E-state index contributed by atoms with van der Waals surface area (Å²) in [5, 5.41) is 0. The van der Waals surface area contributed by atoms with Crippen molar-refractivity contribution in [3.8, 4) is 0 Å². The van der Waals surface area contributed by atoms with Gasteiger partial charge < -0.3 is 0 Å². The van der Waals surface area contributed by atoms with Crippen LogP contribution in [-0.4, -0.2) is 57.3 Å². The molecular weight excluding hydrogens is 396 g/mol. The van der Waals surface area contributed by atoms with E-state index in [2.05, 4.69) is 0 Å². The zero-order chi connectivity index (χ0) is 20.3. The van der Waals surface area contributed by atoms with Crippen LogP contribution in [0.25, 0.3) is 0 Å². The molecule has 8 heteroatoms. The van der Waals surface area contributed by atoms with Crippen molar-refractivity contribution in [2.45, 2.75) is 25.7 Å². The third-order valence-corrected chi connectivity index (χ3v) is 6.36. The van der Waals surface area contributed by atoms with Crippen LogP contribution in [0.2, 0.25) is 0 Å². The van der Waals surface area contributed by atoms with E-state index in [1.54, 1.807) is 12.2 Å². The van der Waals surface area contributed by atoms with Crippen molar-refractivity contribution in [2.24, 2.45) is 0 Å². The van der Waals surface area contributed by atoms with Gasteiger partial charge in [-0.1, -0.05) is 36.6 Å². The number of thiocarbonyl (C=S) groups is 2. The van der Waals surface area contributed by atoms with Crippen LogP contribution >= 0.6 is 24.4 Å². The molecule has 2 heterocycles. The van der Waals surface area contributed by atoms with Crippen LogP contribution < -0.4 is 0 Å². The molecule has 0 radical (unpaired) electrons. The maximum absolute atomic E-state index is 12.5. The fourth-order valence-corrected chi connectivity index (χ4v) is 4.56. The molecule has 6 nitrogen and oxygen atoms in total. The molecule has 28 heavy (non-hydrogen) atoms. The molecule has 2 saturated heterocycles. The van der Waals surface area contributed by atoms with Crippen LogP contribution in [0.3, 0.4) is 0 Å². The molecule has 4 aliphatic rings. The minimum atomic E-state index is -0.357. The molecule has 0 aromatic heterocycles. The van der Waals surface area contributed by atoms with Crippen LogP contribution in [0.1, 0.15) is 25.7 Å². The summed E-state index contributed by atoms with van der Waals surface area (Å²) in [6.45, 7) is 0. The van der Waals surface area contributed by atoms with Gasteiger partial charge in [0.2, 0.25) is 0 Å². The van der Waals surface area contributed by atoms with Crippen LogP contribution in [-0.2, 0) is 19.2 Å². The predicted molar refractivity (Wildman–Crippen MR) is 109 cm³/mol. The third-order valence-electron chi connectivity index (χ3n) is 5.53. The topological polar surface area (TPSA) is 74.8 Å². The summed E-state index contributed by atoms with van der Waals surface area (Å²) >= 11 is 10.9. The highest BCUT2D eigenvalue weighted by Crippen LogP contribution is 2.38. The number of carbonyl (C=O) groups is 4. The van der Waals surface area contributed by atoms with Crippen LogP contribution in [0, 0.1) is 0 Å². The van der Waals surface area contributed by atoms with Crippen molar-refractivity contribution in [3.63, 3.8) is 0 Å². The molecule has 2 aliphatic heterocycles. The van der Waals surface area contributed by atoms with Gasteiger partial charge in [-0.25, -0.2) is 0 Å². The van der Waals surface area contributed by atoms with Gasteiger partial charge >= 0.3 is 0 Å². The van der Waals surface area contributed by atoms with Crippen LogP contribution in [0.15, 0.2) is 45.6 Å². The highest BCUT2D eigenvalue weighted by atomic mass is 32.1. The summed E-state index contributed by atoms with van der Waals surface area (Å²) in [6, 6.07) is 0. The molecule has 0 bridgehead atoms. The lowest BCUT2D eigenvalue weighted by molar-refractivity contribution is -0.136. The second-order valence-corrected chi connectivity index (χ2v) is 8.02. The van der Waals surface area contributed by atoms with Crippen LogP contribution in [0.5, 0.6) is 0 Å². The van der Waals surface area contributed by atoms with E-state index in [0.717, 1.165) is 9.80 Å². The Labute approximate surface area is 172 Å². The standard InChI is InChI=1S/C20H16N2O4S2/c1-21-17(23)11-5-7-13(27)9(15(11)19(21)25)3-4-10-14(28)8-6-12-16(10)20(26)22(2)18(12)24/h5-6H,3-4,7-8H2,1-2H3. The van der Waals surface area contributed by atoms with Crippen molar-refractivity contribution in [2.75, 3.05) is 14.1 Å². The van der Waals surface area contributed by atoms with Crippen molar-refractivity contribution in [1.29, 1.82) is 0 Å². The van der Waals surface area contributed by atoms with Crippen molar-refractivity contribution in [1.82, 2.24) is 9.80 Å². The summed E-state index contributed by atoms with van der Waals surface area (Å²) in [4.78, 5) is 53.0. The molecule has 0 aromatic rings. The summed E-state index contributed by atoms with van der Waals surface area (Å²) in [5.74, 6) is -1.36. The van der Waals surface area contributed by atoms with Crippen molar-refractivity contribution in [3.05, 3.63) is 45.6 Å². The lowest BCUT2D eigenvalue weighted by atomic mass is 9.84. The highest BCUT2D eigenvalue weighted by Gasteiger charge is 2.42. The summed E-state index contributed by atoms with van der Waals surface area (Å²) in [7, 11) is 2.90. The number of likely N-dealkylation sites (tertiary alicyclic amines) is 2. The predicted octanol–water partition coefficient (Wildman–Crippen LogP) is 1.76. The molecule has 2 aliphatic carbocycles. The van der Waals surface area contributed by atoms with Gasteiger partial charge in [0.05, 0.1) is 11.1 Å². The second-order valence-electron chi connectivity index (χ2n) is 7.04. The largest absolute Gasteiger partial charge is 0.277 e. The monoisotopic (exact) mass is 412 g/mol. The summed E-state index contributed by atoms with van der Waals surface area (Å²) < 4.78 is 0. The quantitative estimate of drug-likeness (QED) is 0.519. The van der Waals surface area contributed by atoms with Gasteiger partial charge in [-0.05, 0) is 24.0 Å². The summed E-state index contributed by atoms with van der Waals surface area (Å²) in [5.41, 5.74) is 2.83. The molecule has 0 saturated carbocycles. The number of fused-ring (bicyclic) bond motifs is 2. The minimum Gasteiger partial charge on any atom is -0.277 e. The number of hydrogen-bond donors (Lipinski definition) is 0. The van der Waals surface area contributed by atoms with Gasteiger partial charge in [-0.15, -0.1) is 0 Å². The number of allylic oxidation sites excluding steroid dienone is 4. The maximum Gasteiger partial charge on any atom is 0.261 e. The molecule has 4 amide bonds. The Morgan fingerprint density at radius 1 is 0.714 bits per heavy atom. The number of nitrogens with zero attached hydrogens (tertiary/aromatic N) is 2. The first kappa shape index (κ1) is 18.8. The molecule has 0 atom stereocenters. The molecule has 0 unspecified atom stereocenters. The van der Waals surface area contributed by atoms with Gasteiger partial charge in [0.25, 0.3) is 23.6 Å². The number of hydrogen-bond acceptors (Lipinski definition) is 6. The van der Waals surface area contributed by atoms with E-state index in [1.165, 1.54) is 14.1 Å². The van der Waals surface area contributed by atoms with Crippen molar-refractivity contribution >= 4 is 57.8 Å². The van der Waals surface area contributed by atoms with E-state index < -0.39 is 0 Å². The minimum absolute atomic E-state index is 0.321. The number of rotatable bonds is 3. The van der Waals surface area contributed by atoms with Gasteiger partial charge in [0.1, 0.15) is 0 Å². The average Bonchev–Trinajstić information content (AvgIpc) is 3.03. The highest BCUT2D eigenvalue weighted by molar-refractivity contribution is 7.81. The van der Waals surface area contributed by atoms with Crippen molar-refractivity contribution < 1.29 is 19.2 Å². The lowest BCUT2D eigenvalue weighted by Gasteiger charge is -2.19. The molecule has 2 fully saturated rings. The zero-order valence-corrected chi connectivity index (χ0v) is 17.0. The molecule has 142 valence electrons. The van der Waals surface area contributed by atoms with E-state index in [4.69, 9.17) is 24.4 Å². The number of amides is 4. The Bertz CT molecular complexity index is 974. The Kier molecular flexibility index (Phi) is 4.35. The van der Waals surface area contributed by atoms with E-state index in [-0.39, 0.29) is 23.6 Å². The number of likely N-dealkylation sites (N-methyl/N-ethyl adjacent to an activating group) is 2. The molecular formula is C20H16N2O4S2. The SMILES string of the molecule is CN1C(=O)C2=CCC(=S)C(CCC3=C4C(=O)N(C)C(=O)C4=CCC3=S)=C2C1=O. The van der Waals surface area contributed by atoms with Gasteiger partial charge in [-0.2, -0.15) is 0 Å².